The lowest BCUT2D eigenvalue weighted by molar-refractivity contribution is -0.131. The van der Waals surface area contributed by atoms with E-state index in [0.29, 0.717) is 22.6 Å². The molecule has 0 spiro atoms. The van der Waals surface area contributed by atoms with Gasteiger partial charge >= 0.3 is 5.97 Å². The van der Waals surface area contributed by atoms with Crippen molar-refractivity contribution in [3.05, 3.63) is 48.0 Å². The topological polar surface area (TPSA) is 76.0 Å². The van der Waals surface area contributed by atoms with Crippen molar-refractivity contribution in [1.29, 1.82) is 0 Å². The fourth-order valence-corrected chi connectivity index (χ4v) is 2.32. The van der Waals surface area contributed by atoms with Gasteiger partial charge in [0, 0.05) is 11.6 Å². The molecule has 2 rings (SSSR count). The number of allylic oxidation sites excluding steroid dienone is 1. The minimum absolute atomic E-state index is 0.165. The van der Waals surface area contributed by atoms with Gasteiger partial charge in [0.2, 0.25) is 0 Å². The maximum absolute atomic E-state index is 10.9. The van der Waals surface area contributed by atoms with E-state index in [1.54, 1.807) is 44.4 Å². The van der Waals surface area contributed by atoms with Crippen LogP contribution in [-0.4, -0.2) is 30.4 Å². The van der Waals surface area contributed by atoms with Crippen molar-refractivity contribution in [3.63, 3.8) is 0 Å². The molecule has 0 aliphatic carbocycles. The number of hydrogen-bond acceptors (Lipinski definition) is 4. The molecule has 0 atom stereocenters. The third-order valence-electron chi connectivity index (χ3n) is 3.45. The molecule has 2 aromatic carbocycles. The molecule has 0 heterocycles. The zero-order valence-corrected chi connectivity index (χ0v) is 13.2. The Morgan fingerprint density at radius 2 is 1.74 bits per heavy atom. The highest BCUT2D eigenvalue weighted by atomic mass is 16.5. The molecule has 0 amide bonds. The molecule has 0 aliphatic rings. The van der Waals surface area contributed by atoms with Gasteiger partial charge in [0.05, 0.1) is 14.2 Å². The largest absolute Gasteiger partial charge is 0.508 e. The zero-order valence-electron chi connectivity index (χ0n) is 13.2. The van der Waals surface area contributed by atoms with Gasteiger partial charge in [-0.25, -0.2) is 4.79 Å². The second kappa shape index (κ2) is 6.87. The highest BCUT2D eigenvalue weighted by Crippen LogP contribution is 2.41. The van der Waals surface area contributed by atoms with E-state index in [-0.39, 0.29) is 5.75 Å². The highest BCUT2D eigenvalue weighted by molar-refractivity contribution is 5.91. The zero-order chi connectivity index (χ0) is 17.0. The molecule has 0 fully saturated rings. The van der Waals surface area contributed by atoms with Crippen molar-refractivity contribution in [3.8, 4) is 28.4 Å². The summed E-state index contributed by atoms with van der Waals surface area (Å²) in [4.78, 5) is 10.9. The Labute approximate surface area is 134 Å². The fourth-order valence-electron chi connectivity index (χ4n) is 2.32. The van der Waals surface area contributed by atoms with Crippen molar-refractivity contribution < 1.29 is 24.5 Å². The maximum Gasteiger partial charge on any atom is 0.328 e. The van der Waals surface area contributed by atoms with E-state index in [1.165, 1.54) is 7.11 Å². The number of carbonyl (C=O) groups is 1. The number of phenolic OH excluding ortho intramolecular Hbond substituents is 1. The lowest BCUT2D eigenvalue weighted by Crippen LogP contribution is -1.97. The Hall–Kier alpha value is -2.95. The third-order valence-corrected chi connectivity index (χ3v) is 3.45. The van der Waals surface area contributed by atoms with Gasteiger partial charge in [0.25, 0.3) is 0 Å². The van der Waals surface area contributed by atoms with Gasteiger partial charge in [0.15, 0.2) is 11.5 Å². The standard InChI is InChI=1S/C18H18O5/c1-11(8-17(20)21)13-9-15(12-4-6-14(19)7-5-12)18(23-3)16(10-13)22-2/h4-10,19H,1-3H3,(H,20,21)/b11-8+. The number of aromatic hydroxyl groups is 1. The number of phenols is 1. The predicted octanol–water partition coefficient (Wildman–Crippen LogP) is 3.56. The monoisotopic (exact) mass is 314 g/mol. The van der Waals surface area contributed by atoms with Crippen LogP contribution in [0.3, 0.4) is 0 Å². The van der Waals surface area contributed by atoms with Gasteiger partial charge in [-0.3, -0.25) is 0 Å². The molecular weight excluding hydrogens is 296 g/mol. The van der Waals surface area contributed by atoms with Gasteiger partial charge in [-0.2, -0.15) is 0 Å². The summed E-state index contributed by atoms with van der Waals surface area (Å²) in [6.07, 6.45) is 1.14. The van der Waals surface area contributed by atoms with Crippen molar-refractivity contribution in [2.45, 2.75) is 6.92 Å². The number of aliphatic carboxylic acids is 1. The van der Waals surface area contributed by atoms with Crippen LogP contribution in [0.4, 0.5) is 0 Å². The van der Waals surface area contributed by atoms with E-state index in [0.717, 1.165) is 17.2 Å². The molecule has 120 valence electrons. The second-order valence-electron chi connectivity index (χ2n) is 4.97. The van der Waals surface area contributed by atoms with Gasteiger partial charge in [0.1, 0.15) is 5.75 Å². The molecule has 2 N–H and O–H groups in total. The van der Waals surface area contributed by atoms with Crippen LogP contribution in [0.25, 0.3) is 16.7 Å². The number of ether oxygens (including phenoxy) is 2. The Bertz CT molecular complexity index is 745. The summed E-state index contributed by atoms with van der Waals surface area (Å²) >= 11 is 0. The summed E-state index contributed by atoms with van der Waals surface area (Å²) in [6.45, 7) is 1.72. The van der Waals surface area contributed by atoms with Gasteiger partial charge in [-0.1, -0.05) is 12.1 Å². The maximum atomic E-state index is 10.9. The smallest absolute Gasteiger partial charge is 0.328 e. The first-order valence-electron chi connectivity index (χ1n) is 6.93. The van der Waals surface area contributed by atoms with Crippen LogP contribution in [0.5, 0.6) is 17.2 Å². The van der Waals surface area contributed by atoms with E-state index in [4.69, 9.17) is 14.6 Å². The number of rotatable bonds is 5. The van der Waals surface area contributed by atoms with Crippen LogP contribution in [0, 0.1) is 0 Å². The van der Waals surface area contributed by atoms with Crippen molar-refractivity contribution in [2.75, 3.05) is 14.2 Å². The fraction of sp³-hybridized carbons (Fsp3) is 0.167. The lowest BCUT2D eigenvalue weighted by Gasteiger charge is -2.16. The average Bonchev–Trinajstić information content (AvgIpc) is 2.53. The summed E-state index contributed by atoms with van der Waals surface area (Å²) in [6, 6.07) is 10.2. The van der Waals surface area contributed by atoms with E-state index < -0.39 is 5.97 Å². The van der Waals surface area contributed by atoms with Crippen molar-refractivity contribution in [1.82, 2.24) is 0 Å². The van der Waals surface area contributed by atoms with E-state index in [9.17, 15) is 9.90 Å². The van der Waals surface area contributed by atoms with Gasteiger partial charge in [-0.05, 0) is 47.9 Å². The third kappa shape index (κ3) is 3.63. The summed E-state index contributed by atoms with van der Waals surface area (Å²) in [5.74, 6) is 0.206. The Morgan fingerprint density at radius 1 is 1.09 bits per heavy atom. The Balaban J connectivity index is 2.67. The first-order chi connectivity index (χ1) is 11.0. The number of methoxy groups -OCH3 is 2. The van der Waals surface area contributed by atoms with Crippen LogP contribution < -0.4 is 9.47 Å². The first-order valence-corrected chi connectivity index (χ1v) is 6.93. The highest BCUT2D eigenvalue weighted by Gasteiger charge is 2.15. The second-order valence-corrected chi connectivity index (χ2v) is 4.97. The number of carboxylic acids is 1. The van der Waals surface area contributed by atoms with Crippen LogP contribution in [0.1, 0.15) is 12.5 Å². The molecule has 2 aromatic rings. The molecule has 5 heteroatoms. The van der Waals surface area contributed by atoms with E-state index in [2.05, 4.69) is 0 Å². The number of benzene rings is 2. The van der Waals surface area contributed by atoms with Crippen molar-refractivity contribution in [2.24, 2.45) is 0 Å². The number of carboxylic acid groups (broad SMARTS) is 1. The van der Waals surface area contributed by atoms with E-state index in [1.807, 2.05) is 6.07 Å². The van der Waals surface area contributed by atoms with Crippen LogP contribution in [-0.2, 0) is 4.79 Å². The van der Waals surface area contributed by atoms with Crippen LogP contribution in [0.15, 0.2) is 42.5 Å². The molecule has 0 aliphatic heterocycles. The molecular formula is C18H18O5. The molecule has 23 heavy (non-hydrogen) atoms. The summed E-state index contributed by atoms with van der Waals surface area (Å²) in [7, 11) is 3.07. The minimum atomic E-state index is -1.01. The quantitative estimate of drug-likeness (QED) is 0.825. The van der Waals surface area contributed by atoms with E-state index >= 15 is 0 Å². The van der Waals surface area contributed by atoms with Crippen LogP contribution >= 0.6 is 0 Å². The minimum Gasteiger partial charge on any atom is -0.508 e. The lowest BCUT2D eigenvalue weighted by atomic mass is 9.97. The summed E-state index contributed by atoms with van der Waals surface area (Å²) in [5, 5.41) is 18.4. The normalized spacial score (nSPS) is 11.2. The van der Waals surface area contributed by atoms with Crippen LogP contribution in [0.2, 0.25) is 0 Å². The van der Waals surface area contributed by atoms with Crippen molar-refractivity contribution >= 4 is 11.5 Å². The Kier molecular flexibility index (Phi) is 4.91. The molecule has 0 unspecified atom stereocenters. The summed E-state index contributed by atoms with van der Waals surface area (Å²) < 4.78 is 10.8. The number of hydrogen-bond donors (Lipinski definition) is 2. The van der Waals surface area contributed by atoms with Gasteiger partial charge < -0.3 is 19.7 Å². The molecule has 5 nitrogen and oxygen atoms in total. The molecule has 0 bridgehead atoms. The first kappa shape index (κ1) is 16.4. The predicted molar refractivity (Wildman–Crippen MR) is 87.9 cm³/mol. The molecule has 0 saturated heterocycles. The molecule has 0 radical (unpaired) electrons. The summed E-state index contributed by atoms with van der Waals surface area (Å²) in [5.41, 5.74) is 2.88. The average molecular weight is 314 g/mol. The molecule has 0 saturated carbocycles. The SMILES string of the molecule is COc1cc(/C(C)=C/C(=O)O)cc(-c2ccc(O)cc2)c1OC. The molecule has 0 aromatic heterocycles. The Morgan fingerprint density at radius 3 is 2.26 bits per heavy atom. The van der Waals surface area contributed by atoms with Gasteiger partial charge in [-0.15, -0.1) is 0 Å².